The van der Waals surface area contributed by atoms with E-state index in [-0.39, 0.29) is 18.9 Å². The first kappa shape index (κ1) is 30.9. The lowest BCUT2D eigenvalue weighted by atomic mass is 10.0. The van der Waals surface area contributed by atoms with Crippen molar-refractivity contribution >= 4 is 27.5 Å². The summed E-state index contributed by atoms with van der Waals surface area (Å²) in [7, 11) is -3.82. The van der Waals surface area contributed by atoms with E-state index in [1.807, 2.05) is 114 Å². The molecule has 8 heteroatoms. The summed E-state index contributed by atoms with van der Waals surface area (Å²) >= 11 is 0. The monoisotopic (exact) mass is 563 g/mol. The smallest absolute Gasteiger partial charge is 0.244 e. The highest BCUT2D eigenvalue weighted by atomic mass is 32.2. The number of aryl methyl sites for hydroxylation is 3. The van der Waals surface area contributed by atoms with Gasteiger partial charge < -0.3 is 10.2 Å². The topological polar surface area (TPSA) is 86.8 Å². The Kier molecular flexibility index (Phi) is 9.79. The minimum Gasteiger partial charge on any atom is -0.350 e. The maximum atomic E-state index is 14.2. The first-order valence-electron chi connectivity index (χ1n) is 13.4. The molecule has 0 aliphatic heterocycles. The largest absolute Gasteiger partial charge is 0.350 e. The van der Waals surface area contributed by atoms with Gasteiger partial charge in [-0.1, -0.05) is 78.4 Å². The van der Waals surface area contributed by atoms with Crippen molar-refractivity contribution < 1.29 is 18.0 Å². The number of nitrogens with zero attached hydrogens (tertiary/aromatic N) is 2. The van der Waals surface area contributed by atoms with Gasteiger partial charge in [0.15, 0.2) is 0 Å². The van der Waals surface area contributed by atoms with Crippen LogP contribution in [0.25, 0.3) is 0 Å². The molecular weight excluding hydrogens is 522 g/mol. The minimum atomic E-state index is -3.82. The molecule has 1 atom stereocenters. The summed E-state index contributed by atoms with van der Waals surface area (Å²) in [6.45, 7) is 11.0. The summed E-state index contributed by atoms with van der Waals surface area (Å²) in [5.74, 6) is -0.756. The number of hydrogen-bond acceptors (Lipinski definition) is 4. The quantitative estimate of drug-likeness (QED) is 0.379. The predicted octanol–water partition coefficient (Wildman–Crippen LogP) is 4.93. The van der Waals surface area contributed by atoms with Gasteiger partial charge in [-0.25, -0.2) is 8.42 Å². The van der Waals surface area contributed by atoms with Crippen LogP contribution in [0.4, 0.5) is 5.69 Å². The molecule has 7 nitrogen and oxygen atoms in total. The second kappa shape index (κ2) is 12.7. The molecule has 40 heavy (non-hydrogen) atoms. The van der Waals surface area contributed by atoms with E-state index in [9.17, 15) is 18.0 Å². The Hall–Kier alpha value is -3.65. The van der Waals surface area contributed by atoms with Crippen LogP contribution >= 0.6 is 0 Å². The van der Waals surface area contributed by atoms with Crippen molar-refractivity contribution in [2.45, 2.75) is 66.1 Å². The Labute approximate surface area is 239 Å². The molecule has 0 radical (unpaired) electrons. The van der Waals surface area contributed by atoms with E-state index >= 15 is 0 Å². The molecule has 0 bridgehead atoms. The number of para-hydroxylation sites is 1. The Morgan fingerprint density at radius 3 is 1.93 bits per heavy atom. The number of nitrogens with one attached hydrogen (secondary N) is 1. The fraction of sp³-hybridized carbons (Fsp3) is 0.375. The summed E-state index contributed by atoms with van der Waals surface area (Å²) in [6, 6.07) is 21.9. The van der Waals surface area contributed by atoms with Gasteiger partial charge in [-0.2, -0.15) is 0 Å². The van der Waals surface area contributed by atoms with Gasteiger partial charge in [0.25, 0.3) is 0 Å². The number of rotatable bonds is 10. The molecule has 3 aromatic rings. The van der Waals surface area contributed by atoms with E-state index in [0.717, 1.165) is 38.4 Å². The third-order valence-corrected chi connectivity index (χ3v) is 7.72. The molecule has 0 aromatic heterocycles. The maximum absolute atomic E-state index is 14.2. The van der Waals surface area contributed by atoms with Crippen LogP contribution in [0.1, 0.15) is 48.6 Å². The van der Waals surface area contributed by atoms with Crippen molar-refractivity contribution in [1.29, 1.82) is 0 Å². The average Bonchev–Trinajstić information content (AvgIpc) is 2.85. The highest BCUT2D eigenvalue weighted by Gasteiger charge is 2.34. The zero-order valence-corrected chi connectivity index (χ0v) is 25.4. The molecule has 0 aliphatic rings. The molecule has 0 saturated carbocycles. The van der Waals surface area contributed by atoms with Gasteiger partial charge in [0.05, 0.1) is 11.9 Å². The molecule has 0 spiro atoms. The van der Waals surface area contributed by atoms with Crippen LogP contribution in [0.5, 0.6) is 0 Å². The third-order valence-electron chi connectivity index (χ3n) is 6.61. The molecule has 0 fully saturated rings. The molecular formula is C32H41N3O4S. The first-order valence-corrected chi connectivity index (χ1v) is 15.3. The molecule has 3 rings (SSSR count). The van der Waals surface area contributed by atoms with E-state index in [1.165, 1.54) is 4.90 Å². The third kappa shape index (κ3) is 8.42. The van der Waals surface area contributed by atoms with Crippen molar-refractivity contribution in [2.75, 3.05) is 17.1 Å². The number of hydrogen-bond donors (Lipinski definition) is 1. The number of sulfonamides is 1. The van der Waals surface area contributed by atoms with Crippen molar-refractivity contribution in [2.24, 2.45) is 0 Å². The molecule has 1 N–H and O–H groups in total. The van der Waals surface area contributed by atoms with E-state index in [2.05, 4.69) is 5.32 Å². The van der Waals surface area contributed by atoms with Crippen molar-refractivity contribution in [3.63, 3.8) is 0 Å². The zero-order chi connectivity index (χ0) is 29.7. The SMILES string of the molecule is Cc1ccc(CN(C(=O)CN(c2c(C)cccc2C)S(C)(=O)=O)C(Cc2ccccc2)C(=O)NC(C)(C)C)cc1. The molecule has 0 heterocycles. The second-order valence-corrected chi connectivity index (χ2v) is 13.4. The summed E-state index contributed by atoms with van der Waals surface area (Å²) in [6.07, 6.45) is 1.38. The number of carbonyl (C=O) groups excluding carboxylic acids is 2. The maximum Gasteiger partial charge on any atom is 0.244 e. The van der Waals surface area contributed by atoms with Gasteiger partial charge in [0, 0.05) is 18.5 Å². The Balaban J connectivity index is 2.10. The Morgan fingerprint density at radius 2 is 1.40 bits per heavy atom. The first-order chi connectivity index (χ1) is 18.7. The fourth-order valence-electron chi connectivity index (χ4n) is 4.67. The summed E-state index contributed by atoms with van der Waals surface area (Å²) < 4.78 is 27.3. The van der Waals surface area contributed by atoms with Crippen molar-refractivity contribution in [3.8, 4) is 0 Å². The molecule has 1 unspecified atom stereocenters. The van der Waals surface area contributed by atoms with Gasteiger partial charge in [-0.3, -0.25) is 13.9 Å². The zero-order valence-electron chi connectivity index (χ0n) is 24.6. The molecule has 0 saturated heterocycles. The normalized spacial score (nSPS) is 12.5. The number of benzene rings is 3. The van der Waals surface area contributed by atoms with E-state index < -0.39 is 34.1 Å². The fourth-order valence-corrected chi connectivity index (χ4v) is 5.64. The van der Waals surface area contributed by atoms with Crippen molar-refractivity contribution in [3.05, 3.63) is 101 Å². The van der Waals surface area contributed by atoms with Crippen LogP contribution in [-0.4, -0.2) is 49.5 Å². The van der Waals surface area contributed by atoms with Gasteiger partial charge in [-0.05, 0) is 63.8 Å². The van der Waals surface area contributed by atoms with Gasteiger partial charge >= 0.3 is 0 Å². The van der Waals surface area contributed by atoms with Gasteiger partial charge in [0.2, 0.25) is 21.8 Å². The van der Waals surface area contributed by atoms with Crippen LogP contribution in [-0.2, 0) is 32.6 Å². The molecule has 3 aromatic carbocycles. The Bertz CT molecular complexity index is 1410. The van der Waals surface area contributed by atoms with Gasteiger partial charge in [-0.15, -0.1) is 0 Å². The van der Waals surface area contributed by atoms with E-state index in [0.29, 0.717) is 5.69 Å². The average molecular weight is 564 g/mol. The number of carbonyl (C=O) groups is 2. The minimum absolute atomic E-state index is 0.151. The van der Waals surface area contributed by atoms with Crippen molar-refractivity contribution in [1.82, 2.24) is 10.2 Å². The second-order valence-electron chi connectivity index (χ2n) is 11.5. The standard InChI is InChI=1S/C32H41N3O4S/c1-23-16-18-27(19-17-23)21-34(28(31(37)33-32(4,5)6)20-26-14-9-8-10-15-26)29(36)22-35(40(7,38)39)30-24(2)12-11-13-25(30)3/h8-19,28H,20-22H2,1-7H3,(H,33,37). The van der Waals surface area contributed by atoms with Crippen LogP contribution in [0.3, 0.4) is 0 Å². The molecule has 0 aliphatic carbocycles. The highest BCUT2D eigenvalue weighted by Crippen LogP contribution is 2.27. The lowest BCUT2D eigenvalue weighted by Crippen LogP contribution is -2.56. The van der Waals surface area contributed by atoms with Crippen LogP contribution in [0, 0.1) is 20.8 Å². The lowest BCUT2D eigenvalue weighted by Gasteiger charge is -2.35. The summed E-state index contributed by atoms with van der Waals surface area (Å²) in [5, 5.41) is 3.04. The predicted molar refractivity (Wildman–Crippen MR) is 162 cm³/mol. The van der Waals surface area contributed by atoms with E-state index in [4.69, 9.17) is 0 Å². The van der Waals surface area contributed by atoms with Crippen LogP contribution in [0.15, 0.2) is 72.8 Å². The summed E-state index contributed by atoms with van der Waals surface area (Å²) in [5.41, 5.74) is 4.26. The highest BCUT2D eigenvalue weighted by molar-refractivity contribution is 7.92. The Morgan fingerprint density at radius 1 is 0.825 bits per heavy atom. The summed E-state index contributed by atoms with van der Waals surface area (Å²) in [4.78, 5) is 29.5. The molecule has 214 valence electrons. The number of amides is 2. The number of anilines is 1. The van der Waals surface area contributed by atoms with E-state index in [1.54, 1.807) is 0 Å². The molecule has 2 amide bonds. The van der Waals surface area contributed by atoms with Crippen LogP contribution < -0.4 is 9.62 Å². The van der Waals surface area contributed by atoms with Crippen LogP contribution in [0.2, 0.25) is 0 Å². The lowest BCUT2D eigenvalue weighted by molar-refractivity contribution is -0.140. The van der Waals surface area contributed by atoms with Gasteiger partial charge in [0.1, 0.15) is 12.6 Å².